The Hall–Kier alpha value is -3.30. The molecule has 0 saturated carbocycles. The first kappa shape index (κ1) is 22.9. The molecule has 3 aromatic carbocycles. The standard InChI is InChI=1S/C24H23F2N3O3S/c25-20-7-9-22(10-8-20)28-11-13-29(14-12-28)33(31,32)23-6-2-4-19(16-23)24(30)27-17-18-3-1-5-21(26)15-18/h1-10,15-16H,11-14,17H2,(H,27,30). The van der Waals surface area contributed by atoms with E-state index in [0.29, 0.717) is 18.7 Å². The zero-order chi connectivity index (χ0) is 23.4. The second-order valence-electron chi connectivity index (χ2n) is 7.71. The van der Waals surface area contributed by atoms with Crippen LogP contribution in [0, 0.1) is 11.6 Å². The average molecular weight is 472 g/mol. The molecule has 9 heteroatoms. The van der Waals surface area contributed by atoms with Crippen LogP contribution in [0.2, 0.25) is 0 Å². The van der Waals surface area contributed by atoms with Gasteiger partial charge in [0, 0.05) is 44.0 Å². The van der Waals surface area contributed by atoms with Gasteiger partial charge in [0.1, 0.15) is 11.6 Å². The molecule has 0 atom stereocenters. The van der Waals surface area contributed by atoms with Gasteiger partial charge in [-0.1, -0.05) is 18.2 Å². The molecular weight excluding hydrogens is 448 g/mol. The zero-order valence-electron chi connectivity index (χ0n) is 17.7. The Balaban J connectivity index is 1.41. The number of hydrogen-bond donors (Lipinski definition) is 1. The van der Waals surface area contributed by atoms with Gasteiger partial charge in [-0.15, -0.1) is 0 Å². The summed E-state index contributed by atoms with van der Waals surface area (Å²) in [6.07, 6.45) is 0. The number of benzene rings is 3. The zero-order valence-corrected chi connectivity index (χ0v) is 18.6. The minimum atomic E-state index is -3.79. The normalized spacial score (nSPS) is 14.8. The third-order valence-corrected chi connectivity index (χ3v) is 7.40. The largest absolute Gasteiger partial charge is 0.369 e. The fourth-order valence-electron chi connectivity index (χ4n) is 3.72. The van der Waals surface area contributed by atoms with Gasteiger partial charge in [0.25, 0.3) is 5.91 Å². The number of sulfonamides is 1. The molecule has 1 N–H and O–H groups in total. The van der Waals surface area contributed by atoms with E-state index < -0.39 is 21.7 Å². The number of rotatable bonds is 6. The van der Waals surface area contributed by atoms with Crippen molar-refractivity contribution in [3.05, 3.63) is 95.6 Å². The summed E-state index contributed by atoms with van der Waals surface area (Å²) in [4.78, 5) is 14.6. The summed E-state index contributed by atoms with van der Waals surface area (Å²) in [6.45, 7) is 1.61. The number of nitrogens with zero attached hydrogens (tertiary/aromatic N) is 2. The van der Waals surface area contributed by atoms with Crippen LogP contribution in [0.5, 0.6) is 0 Å². The molecule has 0 aliphatic carbocycles. The van der Waals surface area contributed by atoms with Gasteiger partial charge in [-0.2, -0.15) is 4.31 Å². The molecule has 1 aliphatic heterocycles. The number of carbonyl (C=O) groups is 1. The topological polar surface area (TPSA) is 69.7 Å². The summed E-state index contributed by atoms with van der Waals surface area (Å²) in [5.74, 6) is -1.16. The fraction of sp³-hybridized carbons (Fsp3) is 0.208. The van der Waals surface area contributed by atoms with E-state index in [2.05, 4.69) is 5.32 Å². The van der Waals surface area contributed by atoms with Crippen molar-refractivity contribution in [3.8, 4) is 0 Å². The fourth-order valence-corrected chi connectivity index (χ4v) is 5.19. The maximum absolute atomic E-state index is 13.3. The van der Waals surface area contributed by atoms with Gasteiger partial charge >= 0.3 is 0 Å². The lowest BCUT2D eigenvalue weighted by molar-refractivity contribution is 0.0950. The van der Waals surface area contributed by atoms with Crippen LogP contribution >= 0.6 is 0 Å². The maximum Gasteiger partial charge on any atom is 0.251 e. The molecule has 172 valence electrons. The molecule has 3 aromatic rings. The van der Waals surface area contributed by atoms with Gasteiger partial charge in [-0.3, -0.25) is 4.79 Å². The predicted molar refractivity (Wildman–Crippen MR) is 121 cm³/mol. The van der Waals surface area contributed by atoms with Gasteiger partial charge in [-0.25, -0.2) is 17.2 Å². The van der Waals surface area contributed by atoms with Crippen molar-refractivity contribution >= 4 is 21.6 Å². The Bertz CT molecular complexity index is 1240. The second kappa shape index (κ2) is 9.68. The third kappa shape index (κ3) is 5.37. The monoisotopic (exact) mass is 471 g/mol. The quantitative estimate of drug-likeness (QED) is 0.598. The van der Waals surface area contributed by atoms with E-state index in [4.69, 9.17) is 0 Å². The summed E-state index contributed by atoms with van der Waals surface area (Å²) < 4.78 is 54.1. The lowest BCUT2D eigenvalue weighted by Gasteiger charge is -2.35. The molecule has 1 aliphatic rings. The van der Waals surface area contributed by atoms with Gasteiger partial charge in [-0.05, 0) is 60.2 Å². The van der Waals surface area contributed by atoms with Gasteiger partial charge in [0.2, 0.25) is 10.0 Å². The molecule has 0 spiro atoms. The van der Waals surface area contributed by atoms with Crippen LogP contribution in [-0.4, -0.2) is 44.8 Å². The molecule has 1 heterocycles. The summed E-state index contributed by atoms with van der Waals surface area (Å²) in [7, 11) is -3.79. The van der Waals surface area contributed by atoms with Crippen molar-refractivity contribution in [1.29, 1.82) is 0 Å². The maximum atomic E-state index is 13.3. The number of halogens is 2. The molecule has 1 amide bonds. The summed E-state index contributed by atoms with van der Waals surface area (Å²) in [6, 6.07) is 17.9. The van der Waals surface area contributed by atoms with Gasteiger partial charge in [0.15, 0.2) is 0 Å². The van der Waals surface area contributed by atoms with E-state index in [0.717, 1.165) is 5.69 Å². The highest BCUT2D eigenvalue weighted by atomic mass is 32.2. The minimum Gasteiger partial charge on any atom is -0.369 e. The Kier molecular flexibility index (Phi) is 6.71. The van der Waals surface area contributed by atoms with Crippen LogP contribution in [0.15, 0.2) is 77.7 Å². The van der Waals surface area contributed by atoms with Crippen molar-refractivity contribution < 1.29 is 22.0 Å². The SMILES string of the molecule is O=C(NCc1cccc(F)c1)c1cccc(S(=O)(=O)N2CCN(c3ccc(F)cc3)CC2)c1. The van der Waals surface area contributed by atoms with Crippen LogP contribution in [-0.2, 0) is 16.6 Å². The molecule has 6 nitrogen and oxygen atoms in total. The summed E-state index contributed by atoms with van der Waals surface area (Å²) >= 11 is 0. The summed E-state index contributed by atoms with van der Waals surface area (Å²) in [5.41, 5.74) is 1.65. The average Bonchev–Trinajstić information content (AvgIpc) is 2.83. The third-order valence-electron chi connectivity index (χ3n) is 5.51. The number of piperazine rings is 1. The van der Waals surface area contributed by atoms with E-state index in [1.54, 1.807) is 24.3 Å². The molecule has 0 aromatic heterocycles. The van der Waals surface area contributed by atoms with E-state index >= 15 is 0 Å². The smallest absolute Gasteiger partial charge is 0.251 e. The van der Waals surface area contributed by atoms with Crippen molar-refractivity contribution in [3.63, 3.8) is 0 Å². The van der Waals surface area contributed by atoms with Gasteiger partial charge < -0.3 is 10.2 Å². The van der Waals surface area contributed by atoms with E-state index in [9.17, 15) is 22.0 Å². The molecular formula is C24H23F2N3O3S. The first-order valence-corrected chi connectivity index (χ1v) is 11.9. The van der Waals surface area contributed by atoms with Crippen LogP contribution < -0.4 is 10.2 Å². The number of hydrogen-bond acceptors (Lipinski definition) is 4. The molecule has 1 fully saturated rings. The highest BCUT2D eigenvalue weighted by Crippen LogP contribution is 2.22. The molecule has 0 radical (unpaired) electrons. The second-order valence-corrected chi connectivity index (χ2v) is 9.65. The molecule has 0 unspecified atom stereocenters. The number of amides is 1. The van der Waals surface area contributed by atoms with Crippen LogP contribution in [0.25, 0.3) is 0 Å². The van der Waals surface area contributed by atoms with Crippen molar-refractivity contribution in [2.75, 3.05) is 31.1 Å². The molecule has 33 heavy (non-hydrogen) atoms. The molecule has 4 rings (SSSR count). The molecule has 1 saturated heterocycles. The van der Waals surface area contributed by atoms with Crippen molar-refractivity contribution in [2.24, 2.45) is 0 Å². The van der Waals surface area contributed by atoms with Crippen LogP contribution in [0.4, 0.5) is 14.5 Å². The van der Waals surface area contributed by atoms with E-state index in [1.807, 2.05) is 4.90 Å². The van der Waals surface area contributed by atoms with E-state index in [-0.39, 0.29) is 35.9 Å². The number of carbonyl (C=O) groups excluding carboxylic acids is 1. The number of nitrogens with one attached hydrogen (secondary N) is 1. The molecule has 0 bridgehead atoms. The minimum absolute atomic E-state index is 0.0381. The van der Waals surface area contributed by atoms with Crippen molar-refractivity contribution in [2.45, 2.75) is 11.4 Å². The Labute approximate surface area is 191 Å². The van der Waals surface area contributed by atoms with Crippen LogP contribution in [0.3, 0.4) is 0 Å². The first-order valence-electron chi connectivity index (χ1n) is 10.5. The van der Waals surface area contributed by atoms with Crippen molar-refractivity contribution in [1.82, 2.24) is 9.62 Å². The highest BCUT2D eigenvalue weighted by molar-refractivity contribution is 7.89. The lowest BCUT2D eigenvalue weighted by Crippen LogP contribution is -2.48. The Morgan fingerprint density at radius 3 is 2.24 bits per heavy atom. The Morgan fingerprint density at radius 2 is 1.55 bits per heavy atom. The predicted octanol–water partition coefficient (Wildman–Crippen LogP) is 3.41. The highest BCUT2D eigenvalue weighted by Gasteiger charge is 2.29. The summed E-state index contributed by atoms with van der Waals surface area (Å²) in [5, 5.41) is 2.68. The van der Waals surface area contributed by atoms with E-state index in [1.165, 1.54) is 52.8 Å². The first-order chi connectivity index (χ1) is 15.8. The number of anilines is 1. The lowest BCUT2D eigenvalue weighted by atomic mass is 10.2. The Morgan fingerprint density at radius 1 is 0.848 bits per heavy atom. The van der Waals surface area contributed by atoms with Crippen LogP contribution in [0.1, 0.15) is 15.9 Å². The van der Waals surface area contributed by atoms with Gasteiger partial charge in [0.05, 0.1) is 4.90 Å².